The summed E-state index contributed by atoms with van der Waals surface area (Å²) in [4.78, 5) is 15.3. The van der Waals surface area contributed by atoms with Crippen LogP contribution in [-0.2, 0) is 11.3 Å². The van der Waals surface area contributed by atoms with Gasteiger partial charge >= 0.3 is 0 Å². The van der Waals surface area contributed by atoms with E-state index in [9.17, 15) is 4.79 Å². The average Bonchev–Trinajstić information content (AvgIpc) is 3.48. The van der Waals surface area contributed by atoms with E-state index in [4.69, 9.17) is 18.6 Å². The zero-order valence-electron chi connectivity index (χ0n) is 18.9. The first kappa shape index (κ1) is 23.2. The molecule has 2 heterocycles. The van der Waals surface area contributed by atoms with Crippen molar-refractivity contribution in [3.05, 3.63) is 82.7 Å². The van der Waals surface area contributed by atoms with Crippen molar-refractivity contribution in [2.24, 2.45) is 10.2 Å². The minimum absolute atomic E-state index is 0.188. The monoisotopic (exact) mass is 477 g/mol. The van der Waals surface area contributed by atoms with Gasteiger partial charge < -0.3 is 18.6 Å². The molecule has 0 atom stereocenters. The predicted molar refractivity (Wildman–Crippen MR) is 132 cm³/mol. The predicted octanol–water partition coefficient (Wildman–Crippen LogP) is 4.81. The lowest BCUT2D eigenvalue weighted by molar-refractivity contribution is -0.122. The molecule has 1 aliphatic rings. The second-order valence-corrected chi connectivity index (χ2v) is 8.07. The Kier molecular flexibility index (Phi) is 7.34. The van der Waals surface area contributed by atoms with Crippen molar-refractivity contribution in [3.8, 4) is 17.2 Å². The summed E-state index contributed by atoms with van der Waals surface area (Å²) in [5, 5.41) is 8.99. The highest BCUT2D eigenvalue weighted by Crippen LogP contribution is 2.35. The molecule has 174 valence electrons. The maximum Gasteiger partial charge on any atom is 0.267 e. The number of ether oxygens (including phenoxy) is 3. The third-order valence-corrected chi connectivity index (χ3v) is 5.96. The van der Waals surface area contributed by atoms with Gasteiger partial charge in [0.1, 0.15) is 11.5 Å². The van der Waals surface area contributed by atoms with Gasteiger partial charge in [0.25, 0.3) is 5.91 Å². The average molecular weight is 478 g/mol. The third-order valence-electron chi connectivity index (χ3n) is 4.97. The summed E-state index contributed by atoms with van der Waals surface area (Å²) < 4.78 is 21.4. The largest absolute Gasteiger partial charge is 0.496 e. The lowest BCUT2D eigenvalue weighted by Gasteiger charge is -2.12. The molecule has 4 rings (SSSR count). The summed E-state index contributed by atoms with van der Waals surface area (Å²) in [6, 6.07) is 16.5. The van der Waals surface area contributed by atoms with Crippen LogP contribution in [0.15, 0.2) is 80.4 Å². The first-order valence-corrected chi connectivity index (χ1v) is 11.1. The molecule has 8 nitrogen and oxygen atoms in total. The van der Waals surface area contributed by atoms with Crippen LogP contribution in [0.5, 0.6) is 17.2 Å². The third kappa shape index (κ3) is 5.15. The van der Waals surface area contributed by atoms with E-state index in [1.165, 1.54) is 16.7 Å². The van der Waals surface area contributed by atoms with Gasteiger partial charge in [-0.3, -0.25) is 9.69 Å². The van der Waals surface area contributed by atoms with Gasteiger partial charge in [0.2, 0.25) is 0 Å². The maximum atomic E-state index is 13.2. The first-order chi connectivity index (χ1) is 16.6. The number of nitrogens with zero attached hydrogens (tertiary/aromatic N) is 3. The van der Waals surface area contributed by atoms with Gasteiger partial charge in [-0.25, -0.2) is 0 Å². The fourth-order valence-electron chi connectivity index (χ4n) is 3.29. The molecular formula is C25H23N3O5S. The number of amides is 1. The molecule has 1 aliphatic heterocycles. The molecule has 0 radical (unpaired) electrons. The number of rotatable bonds is 8. The fraction of sp³-hybridized carbons (Fsp3) is 0.160. The van der Waals surface area contributed by atoms with Crippen LogP contribution < -0.4 is 14.2 Å². The van der Waals surface area contributed by atoms with E-state index in [-0.39, 0.29) is 12.5 Å². The van der Waals surface area contributed by atoms with Crippen molar-refractivity contribution in [1.29, 1.82) is 0 Å². The highest BCUT2D eigenvalue weighted by atomic mass is 32.2. The van der Waals surface area contributed by atoms with Gasteiger partial charge in [0, 0.05) is 5.56 Å². The number of hydrogen-bond donors (Lipinski definition) is 0. The second kappa shape index (κ2) is 10.8. The van der Waals surface area contributed by atoms with Crippen molar-refractivity contribution in [3.63, 3.8) is 0 Å². The van der Waals surface area contributed by atoms with Crippen LogP contribution in [0.3, 0.4) is 0 Å². The van der Waals surface area contributed by atoms with Gasteiger partial charge in [0.05, 0.1) is 45.3 Å². The number of methoxy groups -OCH3 is 3. The Hall–Kier alpha value is -3.98. The Morgan fingerprint density at radius 1 is 0.971 bits per heavy atom. The van der Waals surface area contributed by atoms with Gasteiger partial charge in [-0.2, -0.15) is 5.10 Å². The Morgan fingerprint density at radius 2 is 1.76 bits per heavy atom. The SMILES string of the molecule is COc1ccccc1/C=C1\S/C(=N/N=C\c2ccc(OC)c(OC)c2)N(Cc2ccco2)C1=O. The highest BCUT2D eigenvalue weighted by Gasteiger charge is 2.34. The Labute approximate surface area is 201 Å². The molecule has 0 bridgehead atoms. The molecule has 2 aromatic carbocycles. The minimum atomic E-state index is -0.188. The summed E-state index contributed by atoms with van der Waals surface area (Å²) in [7, 11) is 4.75. The number of hydrogen-bond acceptors (Lipinski definition) is 8. The molecule has 1 aromatic heterocycles. The summed E-state index contributed by atoms with van der Waals surface area (Å²) in [5.41, 5.74) is 1.58. The molecular weight excluding hydrogens is 454 g/mol. The Balaban J connectivity index is 1.63. The van der Waals surface area contributed by atoms with E-state index in [1.807, 2.05) is 36.4 Å². The summed E-state index contributed by atoms with van der Waals surface area (Å²) >= 11 is 1.24. The highest BCUT2D eigenvalue weighted by molar-refractivity contribution is 8.18. The van der Waals surface area contributed by atoms with E-state index >= 15 is 0 Å². The van der Waals surface area contributed by atoms with Crippen LogP contribution in [-0.4, -0.2) is 43.5 Å². The quantitative estimate of drug-likeness (QED) is 0.263. The standard InChI is InChI=1S/C25H23N3O5S/c1-30-20-9-5-4-7-18(20)14-23-24(29)28(16-19-8-6-12-33-19)25(34-23)27-26-15-17-10-11-21(31-2)22(13-17)32-3/h4-15H,16H2,1-3H3/b23-14-,26-15-,27-25+. The molecule has 1 saturated heterocycles. The Morgan fingerprint density at radius 3 is 2.50 bits per heavy atom. The van der Waals surface area contributed by atoms with Crippen LogP contribution in [0.2, 0.25) is 0 Å². The number of para-hydroxylation sites is 1. The molecule has 0 saturated carbocycles. The maximum absolute atomic E-state index is 13.2. The number of carbonyl (C=O) groups is 1. The van der Waals surface area contributed by atoms with Crippen LogP contribution in [0.1, 0.15) is 16.9 Å². The first-order valence-electron chi connectivity index (χ1n) is 10.3. The summed E-state index contributed by atoms with van der Waals surface area (Å²) in [6.07, 6.45) is 4.95. The molecule has 1 fully saturated rings. The summed E-state index contributed by atoms with van der Waals surface area (Å²) in [6.45, 7) is 0.243. The van der Waals surface area contributed by atoms with Crippen LogP contribution in [0.4, 0.5) is 0 Å². The van der Waals surface area contributed by atoms with Crippen LogP contribution in [0, 0.1) is 0 Å². The lowest BCUT2D eigenvalue weighted by atomic mass is 10.2. The molecule has 0 N–H and O–H groups in total. The van der Waals surface area contributed by atoms with Crippen molar-refractivity contribution in [2.45, 2.75) is 6.54 Å². The van der Waals surface area contributed by atoms with Crippen LogP contribution in [0.25, 0.3) is 6.08 Å². The van der Waals surface area contributed by atoms with Crippen LogP contribution >= 0.6 is 11.8 Å². The number of thioether (sulfide) groups is 1. The Bertz CT molecular complexity index is 1250. The van der Waals surface area contributed by atoms with E-state index in [2.05, 4.69) is 10.2 Å². The molecule has 1 amide bonds. The molecule has 9 heteroatoms. The number of furan rings is 1. The molecule has 0 aliphatic carbocycles. The van der Waals surface area contributed by atoms with Crippen molar-refractivity contribution < 1.29 is 23.4 Å². The molecule has 0 spiro atoms. The van der Waals surface area contributed by atoms with E-state index in [1.54, 1.807) is 58.1 Å². The van der Waals surface area contributed by atoms with Gasteiger partial charge in [-0.15, -0.1) is 5.10 Å². The molecule has 3 aromatic rings. The molecule has 34 heavy (non-hydrogen) atoms. The number of carbonyl (C=O) groups excluding carboxylic acids is 1. The van der Waals surface area contributed by atoms with Gasteiger partial charge in [0.15, 0.2) is 16.7 Å². The number of amidine groups is 1. The normalized spacial score (nSPS) is 16.1. The van der Waals surface area contributed by atoms with E-state index < -0.39 is 0 Å². The van der Waals surface area contributed by atoms with E-state index in [0.717, 1.165) is 11.1 Å². The zero-order valence-corrected chi connectivity index (χ0v) is 19.7. The second-order valence-electron chi connectivity index (χ2n) is 7.06. The zero-order chi connectivity index (χ0) is 23.9. The topological polar surface area (TPSA) is 85.9 Å². The summed E-state index contributed by atoms with van der Waals surface area (Å²) in [5.74, 6) is 2.35. The van der Waals surface area contributed by atoms with Gasteiger partial charge in [-0.05, 0) is 59.8 Å². The van der Waals surface area contributed by atoms with Crippen molar-refractivity contribution in [2.75, 3.05) is 21.3 Å². The fourth-order valence-corrected chi connectivity index (χ4v) is 4.21. The molecule has 0 unspecified atom stereocenters. The van der Waals surface area contributed by atoms with Gasteiger partial charge in [-0.1, -0.05) is 18.2 Å². The smallest absolute Gasteiger partial charge is 0.267 e. The van der Waals surface area contributed by atoms with Crippen molar-refractivity contribution >= 4 is 35.1 Å². The number of benzene rings is 2. The minimum Gasteiger partial charge on any atom is -0.496 e. The van der Waals surface area contributed by atoms with Crippen molar-refractivity contribution in [1.82, 2.24) is 4.90 Å². The lowest BCUT2D eigenvalue weighted by Crippen LogP contribution is -2.28. The van der Waals surface area contributed by atoms with E-state index in [0.29, 0.717) is 33.1 Å².